The van der Waals surface area contributed by atoms with E-state index in [-0.39, 0.29) is 11.5 Å². The van der Waals surface area contributed by atoms with Crippen molar-refractivity contribution in [2.24, 2.45) is 5.73 Å². The zero-order valence-corrected chi connectivity index (χ0v) is 11.8. The van der Waals surface area contributed by atoms with E-state index in [0.717, 1.165) is 51.4 Å². The van der Waals surface area contributed by atoms with E-state index in [1.165, 1.54) is 0 Å². The van der Waals surface area contributed by atoms with Gasteiger partial charge in [0, 0.05) is 32.2 Å². The maximum absolute atomic E-state index is 6.20. The number of piperazine rings is 1. The summed E-state index contributed by atoms with van der Waals surface area (Å²) in [6.07, 6.45) is 3.23. The maximum Gasteiger partial charge on any atom is 0.266 e. The Morgan fingerprint density at radius 3 is 2.68 bits per heavy atom. The Morgan fingerprint density at radius 1 is 1.32 bits per heavy atom. The molecular weight excluding hydrogens is 242 g/mol. The van der Waals surface area contributed by atoms with E-state index >= 15 is 0 Å². The highest BCUT2D eigenvalue weighted by atomic mass is 16.5. The maximum atomic E-state index is 6.20. The molecule has 0 spiro atoms. The van der Waals surface area contributed by atoms with Crippen LogP contribution in [-0.2, 0) is 5.41 Å². The lowest BCUT2D eigenvalue weighted by Gasteiger charge is -2.31. The average molecular weight is 265 g/mol. The highest BCUT2D eigenvalue weighted by molar-refractivity contribution is 5.30. The number of nitrogens with zero attached hydrogens (tertiary/aromatic N) is 4. The first-order valence-electron chi connectivity index (χ1n) is 7.13. The minimum Gasteiger partial charge on any atom is -0.337 e. The van der Waals surface area contributed by atoms with Crippen molar-refractivity contribution in [3.05, 3.63) is 5.89 Å². The summed E-state index contributed by atoms with van der Waals surface area (Å²) in [6, 6.07) is 0.133. The van der Waals surface area contributed by atoms with E-state index in [1.807, 2.05) is 0 Å². The van der Waals surface area contributed by atoms with E-state index in [0.29, 0.717) is 5.89 Å². The Bertz CT molecular complexity index is 440. The first-order chi connectivity index (χ1) is 9.09. The van der Waals surface area contributed by atoms with Crippen molar-refractivity contribution in [1.82, 2.24) is 15.0 Å². The van der Waals surface area contributed by atoms with E-state index in [1.54, 1.807) is 0 Å². The van der Waals surface area contributed by atoms with E-state index in [2.05, 4.69) is 33.9 Å². The second kappa shape index (κ2) is 4.76. The van der Waals surface area contributed by atoms with Crippen LogP contribution >= 0.6 is 0 Å². The van der Waals surface area contributed by atoms with Gasteiger partial charge < -0.3 is 20.1 Å². The van der Waals surface area contributed by atoms with Crippen LogP contribution in [0.1, 0.15) is 32.1 Å². The van der Waals surface area contributed by atoms with Crippen LogP contribution in [0.5, 0.6) is 0 Å². The smallest absolute Gasteiger partial charge is 0.266 e. The summed E-state index contributed by atoms with van der Waals surface area (Å²) in [5.74, 6) is 1.44. The third-order valence-corrected chi connectivity index (χ3v) is 4.72. The van der Waals surface area contributed by atoms with Crippen LogP contribution in [0.15, 0.2) is 4.52 Å². The Balaban J connectivity index is 1.76. The van der Waals surface area contributed by atoms with Gasteiger partial charge in [0.1, 0.15) is 0 Å². The summed E-state index contributed by atoms with van der Waals surface area (Å²) < 4.78 is 5.51. The second-order valence-electron chi connectivity index (χ2n) is 6.11. The number of anilines is 1. The zero-order chi connectivity index (χ0) is 13.5. The fraction of sp³-hybridized carbons (Fsp3) is 0.846. The largest absolute Gasteiger partial charge is 0.337 e. The highest BCUT2D eigenvalue weighted by Gasteiger charge is 2.43. The Labute approximate surface area is 113 Å². The van der Waals surface area contributed by atoms with Gasteiger partial charge in [0.2, 0.25) is 5.89 Å². The van der Waals surface area contributed by atoms with Gasteiger partial charge in [0.15, 0.2) is 0 Å². The van der Waals surface area contributed by atoms with Crippen LogP contribution < -0.4 is 10.6 Å². The molecular formula is C13H23N5O. The molecule has 0 bridgehead atoms. The van der Waals surface area contributed by atoms with Crippen molar-refractivity contribution in [1.29, 1.82) is 0 Å². The van der Waals surface area contributed by atoms with Gasteiger partial charge in [-0.05, 0) is 32.0 Å². The van der Waals surface area contributed by atoms with Gasteiger partial charge in [-0.25, -0.2) is 0 Å². The number of nitrogens with two attached hydrogens (primary N) is 1. The zero-order valence-electron chi connectivity index (χ0n) is 11.8. The van der Waals surface area contributed by atoms with Gasteiger partial charge in [0.25, 0.3) is 5.95 Å². The number of hydrogen-bond acceptors (Lipinski definition) is 6. The first kappa shape index (κ1) is 12.9. The van der Waals surface area contributed by atoms with E-state index in [9.17, 15) is 0 Å². The molecule has 1 aliphatic heterocycles. The molecule has 1 aromatic rings. The third kappa shape index (κ3) is 2.23. The Kier molecular flexibility index (Phi) is 3.22. The molecule has 1 aromatic heterocycles. The standard InChI is InChI=1S/C13H23N5O/c1-13(5-3-4-10(13)14)11-15-12(16-19-11)18-8-6-17(2)7-9-18/h10H,3-9,14H2,1-2H3. The van der Waals surface area contributed by atoms with Crippen LogP contribution in [0.2, 0.25) is 0 Å². The molecule has 1 saturated carbocycles. The molecule has 1 aliphatic carbocycles. The van der Waals surface area contributed by atoms with E-state index < -0.39 is 0 Å². The monoisotopic (exact) mass is 265 g/mol. The lowest BCUT2D eigenvalue weighted by molar-refractivity contribution is 0.276. The fourth-order valence-corrected chi connectivity index (χ4v) is 3.04. The molecule has 0 aromatic carbocycles. The average Bonchev–Trinajstić information content (AvgIpc) is 3.00. The molecule has 2 N–H and O–H groups in total. The normalized spacial score (nSPS) is 33.0. The first-order valence-corrected chi connectivity index (χ1v) is 7.13. The molecule has 2 fully saturated rings. The van der Waals surface area contributed by atoms with Crippen molar-refractivity contribution in [2.45, 2.75) is 37.6 Å². The van der Waals surface area contributed by atoms with Crippen molar-refractivity contribution >= 4 is 5.95 Å². The Hall–Kier alpha value is -1.14. The third-order valence-electron chi connectivity index (χ3n) is 4.72. The van der Waals surface area contributed by atoms with Crippen molar-refractivity contribution in [3.8, 4) is 0 Å². The molecule has 2 heterocycles. The minimum absolute atomic E-state index is 0.133. The predicted molar refractivity (Wildman–Crippen MR) is 73.2 cm³/mol. The topological polar surface area (TPSA) is 71.4 Å². The van der Waals surface area contributed by atoms with Crippen LogP contribution in [-0.4, -0.2) is 54.3 Å². The molecule has 2 aliphatic rings. The summed E-state index contributed by atoms with van der Waals surface area (Å²) in [6.45, 7) is 6.14. The summed E-state index contributed by atoms with van der Waals surface area (Å²) in [4.78, 5) is 9.12. The van der Waals surface area contributed by atoms with Gasteiger partial charge in [-0.3, -0.25) is 0 Å². The molecule has 2 atom stereocenters. The molecule has 3 rings (SSSR count). The molecule has 6 nitrogen and oxygen atoms in total. The summed E-state index contributed by atoms with van der Waals surface area (Å²) in [5.41, 5.74) is 6.06. The molecule has 0 radical (unpaired) electrons. The summed E-state index contributed by atoms with van der Waals surface area (Å²) in [7, 11) is 2.14. The Morgan fingerprint density at radius 2 is 2.05 bits per heavy atom. The van der Waals surface area contributed by atoms with Gasteiger partial charge >= 0.3 is 0 Å². The van der Waals surface area contributed by atoms with Crippen LogP contribution in [0.4, 0.5) is 5.95 Å². The molecule has 19 heavy (non-hydrogen) atoms. The highest BCUT2D eigenvalue weighted by Crippen LogP contribution is 2.39. The minimum atomic E-state index is -0.141. The molecule has 1 saturated heterocycles. The van der Waals surface area contributed by atoms with Crippen molar-refractivity contribution in [2.75, 3.05) is 38.1 Å². The van der Waals surface area contributed by atoms with E-state index in [4.69, 9.17) is 10.3 Å². The summed E-state index contributed by atoms with van der Waals surface area (Å²) in [5, 5.41) is 4.15. The molecule has 6 heteroatoms. The number of hydrogen-bond donors (Lipinski definition) is 1. The molecule has 0 amide bonds. The quantitative estimate of drug-likeness (QED) is 0.844. The predicted octanol–water partition coefficient (Wildman–Crippen LogP) is 0.590. The van der Waals surface area contributed by atoms with Crippen molar-refractivity contribution in [3.63, 3.8) is 0 Å². The lowest BCUT2D eigenvalue weighted by Crippen LogP contribution is -2.45. The number of rotatable bonds is 2. The summed E-state index contributed by atoms with van der Waals surface area (Å²) >= 11 is 0. The van der Waals surface area contributed by atoms with Gasteiger partial charge in [-0.1, -0.05) is 6.42 Å². The van der Waals surface area contributed by atoms with Crippen molar-refractivity contribution < 1.29 is 4.52 Å². The number of likely N-dealkylation sites (N-methyl/N-ethyl adjacent to an activating group) is 1. The lowest BCUT2D eigenvalue weighted by atomic mass is 9.85. The molecule has 2 unspecified atom stereocenters. The van der Waals surface area contributed by atoms with Crippen LogP contribution in [0.25, 0.3) is 0 Å². The SMILES string of the molecule is CN1CCN(c2noc(C3(C)CCCC3N)n2)CC1. The van der Waals surface area contributed by atoms with Gasteiger partial charge in [-0.2, -0.15) is 4.98 Å². The second-order valence-corrected chi connectivity index (χ2v) is 6.11. The fourth-order valence-electron chi connectivity index (χ4n) is 3.04. The molecule has 106 valence electrons. The van der Waals surface area contributed by atoms with Crippen LogP contribution in [0.3, 0.4) is 0 Å². The number of aromatic nitrogens is 2. The van der Waals surface area contributed by atoms with Gasteiger partial charge in [0.05, 0.1) is 5.41 Å². The van der Waals surface area contributed by atoms with Crippen LogP contribution in [0, 0.1) is 0 Å². The van der Waals surface area contributed by atoms with Gasteiger partial charge in [-0.15, -0.1) is 0 Å².